The first kappa shape index (κ1) is 18.1. The van der Waals surface area contributed by atoms with Crippen molar-refractivity contribution < 1.29 is 14.6 Å². The van der Waals surface area contributed by atoms with Crippen molar-refractivity contribution in [1.29, 1.82) is 0 Å². The monoisotopic (exact) mass is 321 g/mol. The highest BCUT2D eigenvalue weighted by Crippen LogP contribution is 2.34. The van der Waals surface area contributed by atoms with Gasteiger partial charge in [-0.3, -0.25) is 4.90 Å². The first-order chi connectivity index (χ1) is 11.0. The van der Waals surface area contributed by atoms with E-state index in [-0.39, 0.29) is 0 Å². The molecule has 1 atom stereocenters. The summed E-state index contributed by atoms with van der Waals surface area (Å²) in [6.07, 6.45) is 3.20. The molecule has 0 amide bonds. The van der Waals surface area contributed by atoms with Gasteiger partial charge in [0.2, 0.25) is 0 Å². The summed E-state index contributed by atoms with van der Waals surface area (Å²) in [5, 5.41) is 10.2. The van der Waals surface area contributed by atoms with Crippen LogP contribution in [0.25, 0.3) is 0 Å². The van der Waals surface area contributed by atoms with Crippen LogP contribution in [0.15, 0.2) is 18.2 Å². The number of hydrogen-bond donors (Lipinski definition) is 1. The van der Waals surface area contributed by atoms with Gasteiger partial charge in [0.1, 0.15) is 0 Å². The Bertz CT molecular complexity index is 496. The van der Waals surface area contributed by atoms with Crippen molar-refractivity contribution in [3.63, 3.8) is 0 Å². The third kappa shape index (κ3) is 4.85. The molecule has 0 saturated carbocycles. The lowest BCUT2D eigenvalue weighted by molar-refractivity contribution is 0.0207. The molecular weight excluding hydrogens is 290 g/mol. The second kappa shape index (κ2) is 8.02. The molecule has 0 aromatic heterocycles. The van der Waals surface area contributed by atoms with Crippen LogP contribution < -0.4 is 9.47 Å². The second-order valence-electron chi connectivity index (χ2n) is 7.02. The maximum absolute atomic E-state index is 10.2. The SMILES string of the molecule is CCCCOc1c(CN2CCC(C(C)(C)O)C2)cccc1OC. The molecule has 0 bridgehead atoms. The highest BCUT2D eigenvalue weighted by atomic mass is 16.5. The number of likely N-dealkylation sites (tertiary alicyclic amines) is 1. The number of para-hydroxylation sites is 1. The zero-order valence-electron chi connectivity index (χ0n) is 15.0. The number of benzene rings is 1. The lowest BCUT2D eigenvalue weighted by atomic mass is 9.90. The Labute approximate surface area is 140 Å². The van der Waals surface area contributed by atoms with Gasteiger partial charge in [-0.25, -0.2) is 0 Å². The highest BCUT2D eigenvalue weighted by Gasteiger charge is 2.33. The summed E-state index contributed by atoms with van der Waals surface area (Å²) in [7, 11) is 1.69. The Morgan fingerprint density at radius 3 is 2.74 bits per heavy atom. The van der Waals surface area contributed by atoms with E-state index < -0.39 is 5.60 Å². The van der Waals surface area contributed by atoms with Gasteiger partial charge in [0.05, 0.1) is 19.3 Å². The number of methoxy groups -OCH3 is 1. The quantitative estimate of drug-likeness (QED) is 0.745. The number of aliphatic hydroxyl groups is 1. The molecule has 1 saturated heterocycles. The average molecular weight is 321 g/mol. The normalized spacial score (nSPS) is 19.1. The Morgan fingerprint density at radius 1 is 1.35 bits per heavy atom. The van der Waals surface area contributed by atoms with Crippen molar-refractivity contribution in [2.75, 3.05) is 26.8 Å². The molecule has 4 heteroatoms. The summed E-state index contributed by atoms with van der Waals surface area (Å²) in [4.78, 5) is 2.39. The standard InChI is InChI=1S/C19H31NO3/c1-5-6-12-23-18-15(8-7-9-17(18)22-4)13-20-11-10-16(14-20)19(2,3)21/h7-9,16,21H,5-6,10-14H2,1-4H3. The third-order valence-electron chi connectivity index (χ3n) is 4.69. The van der Waals surface area contributed by atoms with Crippen molar-refractivity contribution in [2.45, 2.75) is 52.2 Å². The van der Waals surface area contributed by atoms with Crippen LogP contribution in [0.1, 0.15) is 45.6 Å². The van der Waals surface area contributed by atoms with E-state index in [2.05, 4.69) is 17.9 Å². The van der Waals surface area contributed by atoms with Gasteiger partial charge in [-0.05, 0) is 39.3 Å². The Kier molecular flexibility index (Phi) is 6.31. The molecule has 1 heterocycles. The first-order valence-corrected chi connectivity index (χ1v) is 8.69. The van der Waals surface area contributed by atoms with Crippen LogP contribution in [0.3, 0.4) is 0 Å². The number of nitrogens with zero attached hydrogens (tertiary/aromatic N) is 1. The van der Waals surface area contributed by atoms with Crippen molar-refractivity contribution in [2.24, 2.45) is 5.92 Å². The van der Waals surface area contributed by atoms with E-state index in [9.17, 15) is 5.11 Å². The molecule has 0 spiro atoms. The molecule has 2 rings (SSSR count). The van der Waals surface area contributed by atoms with Crippen LogP contribution in [-0.2, 0) is 6.54 Å². The summed E-state index contributed by atoms with van der Waals surface area (Å²) < 4.78 is 11.5. The van der Waals surface area contributed by atoms with Crippen LogP contribution >= 0.6 is 0 Å². The fraction of sp³-hybridized carbons (Fsp3) is 0.684. The van der Waals surface area contributed by atoms with Crippen LogP contribution in [0, 0.1) is 5.92 Å². The maximum Gasteiger partial charge on any atom is 0.165 e. The predicted octanol–water partition coefficient (Wildman–Crippen LogP) is 3.47. The zero-order chi connectivity index (χ0) is 16.9. The van der Waals surface area contributed by atoms with E-state index in [1.54, 1.807) is 7.11 Å². The number of ether oxygens (including phenoxy) is 2. The zero-order valence-corrected chi connectivity index (χ0v) is 15.0. The minimum atomic E-state index is -0.608. The van der Waals surface area contributed by atoms with E-state index in [4.69, 9.17) is 9.47 Å². The Balaban J connectivity index is 2.07. The van der Waals surface area contributed by atoms with Crippen molar-refractivity contribution in [3.05, 3.63) is 23.8 Å². The molecule has 130 valence electrons. The van der Waals surface area contributed by atoms with E-state index in [1.165, 1.54) is 0 Å². The predicted molar refractivity (Wildman–Crippen MR) is 93.1 cm³/mol. The maximum atomic E-state index is 10.2. The van der Waals surface area contributed by atoms with Crippen LogP contribution in [-0.4, -0.2) is 42.4 Å². The molecule has 0 radical (unpaired) electrons. The number of unbranched alkanes of at least 4 members (excludes halogenated alkanes) is 1. The average Bonchev–Trinajstić information content (AvgIpc) is 2.97. The summed E-state index contributed by atoms with van der Waals surface area (Å²) in [6.45, 7) is 9.47. The van der Waals surface area contributed by atoms with Gasteiger partial charge in [0.25, 0.3) is 0 Å². The topological polar surface area (TPSA) is 41.9 Å². The van der Waals surface area contributed by atoms with Crippen LogP contribution in [0.4, 0.5) is 0 Å². The fourth-order valence-electron chi connectivity index (χ4n) is 3.12. The molecule has 4 nitrogen and oxygen atoms in total. The van der Waals surface area contributed by atoms with E-state index >= 15 is 0 Å². The second-order valence-corrected chi connectivity index (χ2v) is 7.02. The third-order valence-corrected chi connectivity index (χ3v) is 4.69. The minimum Gasteiger partial charge on any atom is -0.493 e. The molecule has 1 aromatic rings. The molecule has 1 unspecified atom stereocenters. The lowest BCUT2D eigenvalue weighted by Gasteiger charge is -2.26. The van der Waals surface area contributed by atoms with Crippen molar-refractivity contribution >= 4 is 0 Å². The van der Waals surface area contributed by atoms with Crippen molar-refractivity contribution in [1.82, 2.24) is 4.90 Å². The molecular formula is C19H31NO3. The van der Waals surface area contributed by atoms with Gasteiger partial charge in [-0.15, -0.1) is 0 Å². The highest BCUT2D eigenvalue weighted by molar-refractivity contribution is 5.46. The smallest absolute Gasteiger partial charge is 0.165 e. The molecule has 0 aliphatic carbocycles. The fourth-order valence-corrected chi connectivity index (χ4v) is 3.12. The van der Waals surface area contributed by atoms with Gasteiger partial charge in [0.15, 0.2) is 11.5 Å². The Morgan fingerprint density at radius 2 is 2.13 bits per heavy atom. The van der Waals surface area contributed by atoms with Gasteiger partial charge < -0.3 is 14.6 Å². The molecule has 23 heavy (non-hydrogen) atoms. The summed E-state index contributed by atoms with van der Waals surface area (Å²) in [6, 6.07) is 6.08. The summed E-state index contributed by atoms with van der Waals surface area (Å²) in [5.41, 5.74) is 0.556. The van der Waals surface area contributed by atoms with E-state index in [0.717, 1.165) is 62.6 Å². The lowest BCUT2D eigenvalue weighted by Crippen LogP contribution is -2.33. The molecule has 1 aliphatic rings. The van der Waals surface area contributed by atoms with Crippen molar-refractivity contribution in [3.8, 4) is 11.5 Å². The summed E-state index contributed by atoms with van der Waals surface area (Å²) in [5.74, 6) is 2.00. The van der Waals surface area contributed by atoms with Crippen LogP contribution in [0.2, 0.25) is 0 Å². The van der Waals surface area contributed by atoms with E-state index in [1.807, 2.05) is 26.0 Å². The van der Waals surface area contributed by atoms with E-state index in [0.29, 0.717) is 5.92 Å². The van der Waals surface area contributed by atoms with Gasteiger partial charge in [-0.1, -0.05) is 25.5 Å². The molecule has 1 fully saturated rings. The minimum absolute atomic E-state index is 0.331. The first-order valence-electron chi connectivity index (χ1n) is 8.69. The summed E-state index contributed by atoms with van der Waals surface area (Å²) >= 11 is 0. The number of hydrogen-bond acceptors (Lipinski definition) is 4. The number of rotatable bonds is 8. The van der Waals surface area contributed by atoms with Gasteiger partial charge >= 0.3 is 0 Å². The van der Waals surface area contributed by atoms with Gasteiger partial charge in [0, 0.05) is 24.6 Å². The van der Waals surface area contributed by atoms with Crippen LogP contribution in [0.5, 0.6) is 11.5 Å². The largest absolute Gasteiger partial charge is 0.493 e. The molecule has 1 N–H and O–H groups in total. The van der Waals surface area contributed by atoms with Gasteiger partial charge in [-0.2, -0.15) is 0 Å². The molecule has 1 aliphatic heterocycles. The Hall–Kier alpha value is -1.26. The molecule has 1 aromatic carbocycles.